The highest BCUT2D eigenvalue weighted by Crippen LogP contribution is 1.98. The molecule has 0 aliphatic carbocycles. The Labute approximate surface area is 66.2 Å². The lowest BCUT2D eigenvalue weighted by Crippen LogP contribution is -1.94. The van der Waals surface area contributed by atoms with Gasteiger partial charge in [-0.05, 0) is 12.5 Å². The van der Waals surface area contributed by atoms with Crippen molar-refractivity contribution in [2.75, 3.05) is 0 Å². The maximum Gasteiger partial charge on any atom is 0.134 e. The molecule has 0 aliphatic rings. The van der Waals surface area contributed by atoms with Gasteiger partial charge in [0.15, 0.2) is 0 Å². The van der Waals surface area contributed by atoms with E-state index < -0.39 is 0 Å². The van der Waals surface area contributed by atoms with E-state index in [9.17, 15) is 4.79 Å². The predicted molar refractivity (Wildman–Crippen MR) is 44.4 cm³/mol. The molecule has 1 rings (SSSR count). The van der Waals surface area contributed by atoms with E-state index in [1.165, 1.54) is 0 Å². The van der Waals surface area contributed by atoms with E-state index in [0.29, 0.717) is 6.42 Å². The second-order valence-electron chi connectivity index (χ2n) is 2.36. The zero-order chi connectivity index (χ0) is 7.40. The molecule has 0 spiro atoms. The highest BCUT2D eigenvalue weighted by atomic mass is 16.1. The van der Waals surface area contributed by atoms with Gasteiger partial charge in [-0.3, -0.25) is 4.79 Å². The quantitative estimate of drug-likeness (QED) is 0.623. The third-order valence-corrected chi connectivity index (χ3v) is 1.30. The third-order valence-electron chi connectivity index (χ3n) is 1.30. The van der Waals surface area contributed by atoms with Gasteiger partial charge in [0, 0.05) is 6.42 Å². The highest BCUT2D eigenvalue weighted by Gasteiger charge is 1.93. The molecule has 2 N–H and O–H groups in total. The van der Waals surface area contributed by atoms with Crippen LogP contribution in [0.25, 0.3) is 0 Å². The average Bonchev–Trinajstić information content (AvgIpc) is 1.88. The van der Waals surface area contributed by atoms with E-state index in [1.807, 2.05) is 30.3 Å². The Hall–Kier alpha value is -1.15. The first-order valence-electron chi connectivity index (χ1n) is 3.32. The zero-order valence-electron chi connectivity index (χ0n) is 6.50. The molecule has 2 nitrogen and oxygen atoms in total. The Bertz CT molecular complexity index is 216. The smallest absolute Gasteiger partial charge is 0.134 e. The summed E-state index contributed by atoms with van der Waals surface area (Å²) >= 11 is 0. The van der Waals surface area contributed by atoms with Crippen LogP contribution in [-0.2, 0) is 11.2 Å². The molecule has 0 bridgehead atoms. The lowest BCUT2D eigenvalue weighted by Gasteiger charge is -1.93. The Morgan fingerprint density at radius 2 is 1.82 bits per heavy atom. The Morgan fingerprint density at radius 1 is 1.27 bits per heavy atom. The summed E-state index contributed by atoms with van der Waals surface area (Å²) in [6.07, 6.45) is 0.556. The van der Waals surface area contributed by atoms with Crippen molar-refractivity contribution in [3.8, 4) is 0 Å². The van der Waals surface area contributed by atoms with Crippen LogP contribution in [0.5, 0.6) is 0 Å². The summed E-state index contributed by atoms with van der Waals surface area (Å²) < 4.78 is 0. The Balaban J connectivity index is 0.000001000. The van der Waals surface area contributed by atoms with Crippen LogP contribution < -0.4 is 0 Å². The monoisotopic (exact) mass is 152 g/mol. The topological polar surface area (TPSA) is 48.6 Å². The van der Waals surface area contributed by atoms with Crippen molar-refractivity contribution in [1.82, 2.24) is 0 Å². The number of rotatable bonds is 2. The number of hydrogen-bond donors (Lipinski definition) is 0. The first-order chi connectivity index (χ1) is 4.79. The van der Waals surface area contributed by atoms with Gasteiger partial charge in [0.1, 0.15) is 5.78 Å². The van der Waals surface area contributed by atoms with Gasteiger partial charge < -0.3 is 5.48 Å². The molecule has 0 amide bonds. The molecule has 1 aromatic carbocycles. The summed E-state index contributed by atoms with van der Waals surface area (Å²) in [6, 6.07) is 9.75. The van der Waals surface area contributed by atoms with Gasteiger partial charge in [0.2, 0.25) is 0 Å². The van der Waals surface area contributed by atoms with E-state index in [-0.39, 0.29) is 11.3 Å². The fraction of sp³-hybridized carbons (Fsp3) is 0.222. The molecule has 0 saturated carbocycles. The van der Waals surface area contributed by atoms with E-state index in [2.05, 4.69) is 0 Å². The first kappa shape index (κ1) is 9.85. The van der Waals surface area contributed by atoms with Crippen LogP contribution in [0.4, 0.5) is 0 Å². The lowest BCUT2D eigenvalue weighted by molar-refractivity contribution is -0.116. The van der Waals surface area contributed by atoms with Crippen LogP contribution in [0.3, 0.4) is 0 Å². The van der Waals surface area contributed by atoms with Gasteiger partial charge in [0.05, 0.1) is 0 Å². The van der Waals surface area contributed by atoms with E-state index in [1.54, 1.807) is 6.92 Å². The summed E-state index contributed by atoms with van der Waals surface area (Å²) in [6.45, 7) is 1.60. The van der Waals surface area contributed by atoms with Crippen molar-refractivity contribution in [2.45, 2.75) is 13.3 Å². The molecule has 0 aliphatic heterocycles. The number of carbonyl (C=O) groups excluding carboxylic acids is 1. The third kappa shape index (κ3) is 3.53. The predicted octanol–water partition coefficient (Wildman–Crippen LogP) is 0.993. The fourth-order valence-electron chi connectivity index (χ4n) is 0.883. The lowest BCUT2D eigenvalue weighted by atomic mass is 10.1. The first-order valence-corrected chi connectivity index (χ1v) is 3.32. The van der Waals surface area contributed by atoms with E-state index >= 15 is 0 Å². The number of ketones is 1. The van der Waals surface area contributed by atoms with E-state index in [0.717, 1.165) is 5.56 Å². The van der Waals surface area contributed by atoms with Gasteiger partial charge in [-0.1, -0.05) is 30.3 Å². The second-order valence-corrected chi connectivity index (χ2v) is 2.36. The van der Waals surface area contributed by atoms with E-state index in [4.69, 9.17) is 0 Å². The minimum Gasteiger partial charge on any atom is -0.412 e. The van der Waals surface area contributed by atoms with Gasteiger partial charge in [-0.15, -0.1) is 0 Å². The second kappa shape index (κ2) is 4.63. The van der Waals surface area contributed by atoms with Gasteiger partial charge >= 0.3 is 0 Å². The van der Waals surface area contributed by atoms with Crippen molar-refractivity contribution in [1.29, 1.82) is 0 Å². The molecule has 1 aromatic rings. The normalized spacial score (nSPS) is 8.45. The Morgan fingerprint density at radius 3 is 2.27 bits per heavy atom. The fourth-order valence-corrected chi connectivity index (χ4v) is 0.883. The molecule has 0 radical (unpaired) electrons. The minimum absolute atomic E-state index is 0. The maximum absolute atomic E-state index is 10.6. The number of hydrogen-bond acceptors (Lipinski definition) is 1. The molecule has 11 heavy (non-hydrogen) atoms. The summed E-state index contributed by atoms with van der Waals surface area (Å²) in [4.78, 5) is 10.6. The van der Waals surface area contributed by atoms with Crippen LogP contribution in [0.15, 0.2) is 30.3 Å². The minimum atomic E-state index is 0. The molecule has 0 atom stereocenters. The molecule has 2 heteroatoms. The SMILES string of the molecule is CC(=O)Cc1ccccc1.O. The van der Waals surface area contributed by atoms with Crippen LogP contribution in [0, 0.1) is 0 Å². The van der Waals surface area contributed by atoms with Crippen LogP contribution >= 0.6 is 0 Å². The van der Waals surface area contributed by atoms with Crippen molar-refractivity contribution < 1.29 is 10.3 Å². The van der Waals surface area contributed by atoms with Gasteiger partial charge in [0.25, 0.3) is 0 Å². The zero-order valence-corrected chi connectivity index (χ0v) is 6.50. The van der Waals surface area contributed by atoms with Crippen LogP contribution in [0.2, 0.25) is 0 Å². The summed E-state index contributed by atoms with van der Waals surface area (Å²) in [5, 5.41) is 0. The molecule has 0 saturated heterocycles. The van der Waals surface area contributed by atoms with Crippen molar-refractivity contribution in [3.05, 3.63) is 35.9 Å². The molecule has 0 heterocycles. The summed E-state index contributed by atoms with van der Waals surface area (Å²) in [5.41, 5.74) is 1.09. The van der Waals surface area contributed by atoms with Gasteiger partial charge in [-0.25, -0.2) is 0 Å². The highest BCUT2D eigenvalue weighted by molar-refractivity contribution is 5.78. The van der Waals surface area contributed by atoms with Crippen molar-refractivity contribution in [2.24, 2.45) is 0 Å². The number of carbonyl (C=O) groups is 1. The Kier molecular flexibility index (Phi) is 4.15. The average molecular weight is 152 g/mol. The largest absolute Gasteiger partial charge is 0.412 e. The summed E-state index contributed by atoms with van der Waals surface area (Å²) in [7, 11) is 0. The standard InChI is InChI=1S/C9H10O.H2O/c1-8(10)7-9-5-3-2-4-6-9;/h2-6H,7H2,1H3;1H2. The summed E-state index contributed by atoms with van der Waals surface area (Å²) in [5.74, 6) is 0.214. The maximum atomic E-state index is 10.6. The molecule has 60 valence electrons. The van der Waals surface area contributed by atoms with Crippen molar-refractivity contribution >= 4 is 5.78 Å². The molecular weight excluding hydrogens is 140 g/mol. The van der Waals surface area contributed by atoms with Crippen LogP contribution in [-0.4, -0.2) is 11.3 Å². The molecule has 0 aromatic heterocycles. The van der Waals surface area contributed by atoms with Crippen LogP contribution in [0.1, 0.15) is 12.5 Å². The molecular formula is C9H12O2. The van der Waals surface area contributed by atoms with Crippen molar-refractivity contribution in [3.63, 3.8) is 0 Å². The molecule has 0 fully saturated rings. The number of benzene rings is 1. The molecule has 0 unspecified atom stereocenters. The number of Topliss-reactive ketones (excluding diaryl/α,β-unsaturated/α-hetero) is 1. The van der Waals surface area contributed by atoms with Gasteiger partial charge in [-0.2, -0.15) is 0 Å².